The summed E-state index contributed by atoms with van der Waals surface area (Å²) < 4.78 is 0. The van der Waals surface area contributed by atoms with Gasteiger partial charge in [-0.25, -0.2) is 0 Å². The molecule has 0 aromatic carbocycles. The van der Waals surface area contributed by atoms with Gasteiger partial charge in [-0.05, 0) is 110 Å². The number of hydrogen-bond acceptors (Lipinski definition) is 3. The Morgan fingerprint density at radius 3 is 2.14 bits per heavy atom. The third-order valence-corrected chi connectivity index (χ3v) is 13.5. The Bertz CT molecular complexity index is 1010. The van der Waals surface area contributed by atoms with E-state index >= 15 is 0 Å². The van der Waals surface area contributed by atoms with Gasteiger partial charge in [-0.3, -0.25) is 9.59 Å². The molecule has 0 spiro atoms. The lowest BCUT2D eigenvalue weighted by Gasteiger charge is -2.71. The highest BCUT2D eigenvalue weighted by atomic mass is 16.4. The van der Waals surface area contributed by atoms with Gasteiger partial charge in [0.1, 0.15) is 5.78 Å². The predicted octanol–water partition coefficient (Wildman–Crippen LogP) is 7.05. The van der Waals surface area contributed by atoms with Crippen LogP contribution in [0.3, 0.4) is 0 Å². The maximum absolute atomic E-state index is 12.8. The van der Waals surface area contributed by atoms with E-state index in [1.165, 1.54) is 5.57 Å². The van der Waals surface area contributed by atoms with Crippen LogP contribution in [0, 0.1) is 56.2 Å². The first-order chi connectivity index (χ1) is 16.5. The number of rotatable bonds is 2. The first-order valence-corrected chi connectivity index (χ1v) is 14.6. The summed E-state index contributed by atoms with van der Waals surface area (Å²) in [6, 6.07) is 0. The minimum atomic E-state index is -0.608. The summed E-state index contributed by atoms with van der Waals surface area (Å²) in [7, 11) is 0. The Kier molecular flexibility index (Phi) is 5.66. The van der Waals surface area contributed by atoms with Gasteiger partial charge < -0.3 is 10.2 Å². The monoisotopic (exact) mass is 498 g/mol. The van der Waals surface area contributed by atoms with E-state index < -0.39 is 17.5 Å². The van der Waals surface area contributed by atoms with Crippen LogP contribution >= 0.6 is 0 Å². The lowest BCUT2D eigenvalue weighted by atomic mass is 9.33. The third kappa shape index (κ3) is 3.15. The molecular formula is C32H50O4. The summed E-state index contributed by atoms with van der Waals surface area (Å²) in [5, 5.41) is 21.9. The maximum atomic E-state index is 12.8. The number of aliphatic hydroxyl groups excluding tert-OH is 1. The fourth-order valence-electron chi connectivity index (χ4n) is 11.6. The molecule has 36 heavy (non-hydrogen) atoms. The van der Waals surface area contributed by atoms with E-state index in [-0.39, 0.29) is 44.7 Å². The lowest BCUT2D eigenvalue weighted by Crippen LogP contribution is -2.66. The Labute approximate surface area is 218 Å². The van der Waals surface area contributed by atoms with Crippen LogP contribution < -0.4 is 0 Å². The van der Waals surface area contributed by atoms with Crippen molar-refractivity contribution in [3.8, 4) is 0 Å². The Morgan fingerprint density at radius 1 is 0.889 bits per heavy atom. The first kappa shape index (κ1) is 26.4. The van der Waals surface area contributed by atoms with E-state index in [2.05, 4.69) is 54.5 Å². The van der Waals surface area contributed by atoms with Crippen molar-refractivity contribution in [2.24, 2.45) is 56.2 Å². The van der Waals surface area contributed by atoms with Crippen molar-refractivity contribution in [2.75, 3.05) is 0 Å². The van der Waals surface area contributed by atoms with Crippen molar-refractivity contribution in [2.45, 2.75) is 119 Å². The molecule has 4 nitrogen and oxygen atoms in total. The molecule has 0 aromatic heterocycles. The smallest absolute Gasteiger partial charge is 0.310 e. The van der Waals surface area contributed by atoms with Gasteiger partial charge in [0, 0.05) is 5.92 Å². The van der Waals surface area contributed by atoms with Gasteiger partial charge >= 0.3 is 5.97 Å². The fraction of sp³-hybridized carbons (Fsp3) is 0.875. The predicted molar refractivity (Wildman–Crippen MR) is 142 cm³/mol. The summed E-state index contributed by atoms with van der Waals surface area (Å²) in [5.74, 6) is 0.193. The van der Waals surface area contributed by atoms with Crippen molar-refractivity contribution in [3.05, 3.63) is 11.6 Å². The van der Waals surface area contributed by atoms with Crippen molar-refractivity contribution in [1.29, 1.82) is 0 Å². The third-order valence-electron chi connectivity index (χ3n) is 13.5. The highest BCUT2D eigenvalue weighted by Gasteiger charge is 2.70. The van der Waals surface area contributed by atoms with Gasteiger partial charge in [0.15, 0.2) is 0 Å². The van der Waals surface area contributed by atoms with E-state index in [0.29, 0.717) is 18.3 Å². The van der Waals surface area contributed by atoms with E-state index in [0.717, 1.165) is 51.4 Å². The Morgan fingerprint density at radius 2 is 1.53 bits per heavy atom. The van der Waals surface area contributed by atoms with Crippen LogP contribution in [0.1, 0.15) is 113 Å². The van der Waals surface area contributed by atoms with Gasteiger partial charge in [0.05, 0.1) is 11.5 Å². The zero-order valence-corrected chi connectivity index (χ0v) is 24.0. The summed E-state index contributed by atoms with van der Waals surface area (Å²) in [4.78, 5) is 25.5. The zero-order valence-electron chi connectivity index (χ0n) is 24.0. The average molecular weight is 499 g/mol. The highest BCUT2D eigenvalue weighted by Crippen LogP contribution is 2.76. The normalized spacial score (nSPS) is 51.0. The minimum absolute atomic E-state index is 0.0204. The maximum Gasteiger partial charge on any atom is 0.310 e. The molecule has 0 unspecified atom stereocenters. The van der Waals surface area contributed by atoms with Crippen molar-refractivity contribution in [3.63, 3.8) is 0 Å². The number of aliphatic hydroxyl groups is 1. The number of Topliss-reactive ketones (excluding diaryl/α,β-unsaturated/α-hetero) is 1. The molecule has 0 saturated heterocycles. The molecule has 5 rings (SSSR count). The topological polar surface area (TPSA) is 74.6 Å². The van der Waals surface area contributed by atoms with E-state index in [1.54, 1.807) is 6.92 Å². The van der Waals surface area contributed by atoms with Crippen molar-refractivity contribution < 1.29 is 19.8 Å². The second-order valence-corrected chi connectivity index (χ2v) is 15.9. The Hall–Kier alpha value is -1.16. The molecule has 2 N–H and O–H groups in total. The van der Waals surface area contributed by atoms with Gasteiger partial charge in [-0.1, -0.05) is 60.1 Å². The summed E-state index contributed by atoms with van der Waals surface area (Å²) >= 11 is 0. The second-order valence-electron chi connectivity index (χ2n) is 15.9. The number of ketones is 1. The van der Waals surface area contributed by atoms with E-state index in [1.807, 2.05) is 0 Å². The molecule has 9 atom stereocenters. The number of carbonyl (C=O) groups excluding carboxylic acids is 1. The highest BCUT2D eigenvalue weighted by molar-refractivity contribution is 5.80. The van der Waals surface area contributed by atoms with Crippen LogP contribution in [0.4, 0.5) is 0 Å². The molecule has 0 heterocycles. The average Bonchev–Trinajstić information content (AvgIpc) is 2.72. The molecule has 0 aromatic rings. The SMILES string of the molecule is CC(=O)[C@H]1[C@H](O)C[C@]2(C)[C@H]3CC=C4[C@@H]5CC(C)(C)CC[C@]5(C(=O)O)CC[C@@]4(C)[C@]3(C)CC[C@H]2C1(C)C. The number of allylic oxidation sites excluding steroid dienone is 2. The van der Waals surface area contributed by atoms with Crippen LogP contribution in [-0.4, -0.2) is 28.1 Å². The van der Waals surface area contributed by atoms with Crippen LogP contribution in [0.25, 0.3) is 0 Å². The van der Waals surface area contributed by atoms with Gasteiger partial charge in [0.25, 0.3) is 0 Å². The molecule has 5 aliphatic rings. The quantitative estimate of drug-likeness (QED) is 0.400. The first-order valence-electron chi connectivity index (χ1n) is 14.6. The standard InChI is InChI=1S/C32H50O4/c1-19(33)25-22(34)18-29(6)23(28(25,4)5)11-12-31(8)24(29)10-9-20-21-17-27(2,3)13-15-32(21,26(35)36)16-14-30(20,31)7/h9,21-25,34H,10-18H2,1-8H3,(H,35,36)/t21-,22+,23-,24+,25-,29-,30+,31+,32-/m0/s1. The van der Waals surface area contributed by atoms with Crippen LogP contribution in [0.2, 0.25) is 0 Å². The van der Waals surface area contributed by atoms with Crippen LogP contribution in [0.5, 0.6) is 0 Å². The summed E-state index contributed by atoms with van der Waals surface area (Å²) in [5.41, 5.74) is 0.776. The minimum Gasteiger partial charge on any atom is -0.481 e. The molecule has 0 radical (unpaired) electrons. The fourth-order valence-corrected chi connectivity index (χ4v) is 11.6. The lowest BCUT2D eigenvalue weighted by molar-refractivity contribution is -0.216. The molecule has 4 fully saturated rings. The number of aliphatic carboxylic acids is 1. The van der Waals surface area contributed by atoms with Gasteiger partial charge in [0.2, 0.25) is 0 Å². The molecular weight excluding hydrogens is 448 g/mol. The molecule has 0 bridgehead atoms. The van der Waals surface area contributed by atoms with E-state index in [9.17, 15) is 19.8 Å². The van der Waals surface area contributed by atoms with Crippen molar-refractivity contribution in [1.82, 2.24) is 0 Å². The molecule has 4 heteroatoms. The molecule has 5 aliphatic carbocycles. The number of carboxylic acids is 1. The number of fused-ring (bicyclic) bond motifs is 7. The van der Waals surface area contributed by atoms with Crippen molar-refractivity contribution >= 4 is 11.8 Å². The molecule has 0 aliphatic heterocycles. The number of carboxylic acid groups (broad SMARTS) is 1. The van der Waals surface area contributed by atoms with Gasteiger partial charge in [-0.2, -0.15) is 0 Å². The largest absolute Gasteiger partial charge is 0.481 e. The zero-order chi connectivity index (χ0) is 26.7. The molecule has 202 valence electrons. The summed E-state index contributed by atoms with van der Waals surface area (Å²) in [6.45, 7) is 18.1. The Balaban J connectivity index is 1.60. The number of hydrogen-bond donors (Lipinski definition) is 2. The van der Waals surface area contributed by atoms with Gasteiger partial charge in [-0.15, -0.1) is 0 Å². The van der Waals surface area contributed by atoms with Crippen LogP contribution in [0.15, 0.2) is 11.6 Å². The second kappa shape index (κ2) is 7.70. The van der Waals surface area contributed by atoms with Crippen LogP contribution in [-0.2, 0) is 9.59 Å². The number of carbonyl (C=O) groups is 2. The summed E-state index contributed by atoms with van der Waals surface area (Å²) in [6.07, 6.45) is 10.2. The van der Waals surface area contributed by atoms with E-state index in [4.69, 9.17) is 0 Å². The molecule has 4 saturated carbocycles. The molecule has 0 amide bonds.